The summed E-state index contributed by atoms with van der Waals surface area (Å²) in [6.45, 7) is 0. The maximum absolute atomic E-state index is 6.05. The molecule has 0 aliphatic carbocycles. The van der Waals surface area contributed by atoms with Crippen molar-refractivity contribution in [2.45, 2.75) is 6.04 Å². The van der Waals surface area contributed by atoms with Crippen molar-refractivity contribution in [3.8, 4) is 0 Å². The van der Waals surface area contributed by atoms with Crippen LogP contribution >= 0.6 is 33.9 Å². The fourth-order valence-electron chi connectivity index (χ4n) is 1.22. The fourth-order valence-corrected chi connectivity index (χ4v) is 2.17. The van der Waals surface area contributed by atoms with Gasteiger partial charge in [0.25, 0.3) is 0 Å². The van der Waals surface area contributed by atoms with Crippen molar-refractivity contribution < 1.29 is 0 Å². The predicted octanol–water partition coefficient (Wildman–Crippen LogP) is 2.80. The van der Waals surface area contributed by atoms with Crippen LogP contribution in [0.4, 0.5) is 0 Å². The van der Waals surface area contributed by atoms with Crippen LogP contribution in [0.15, 0.2) is 35.2 Å². The quantitative estimate of drug-likeness (QED) is 0.865. The number of benzene rings is 1. The molecule has 0 amide bonds. The number of halogens is 1. The van der Waals surface area contributed by atoms with Gasteiger partial charge in [0.15, 0.2) is 0 Å². The fraction of sp³-hybridized carbons (Fsp3) is 0.100. The Bertz CT molecular complexity index is 397. The molecule has 4 heteroatoms. The molecular weight excluding hydrogens is 307 g/mol. The van der Waals surface area contributed by atoms with Gasteiger partial charge in [-0.3, -0.25) is 0 Å². The lowest BCUT2D eigenvalue weighted by Crippen LogP contribution is -2.11. The van der Waals surface area contributed by atoms with Gasteiger partial charge in [-0.1, -0.05) is 12.1 Å². The summed E-state index contributed by atoms with van der Waals surface area (Å²) >= 11 is 3.85. The molecule has 2 rings (SSSR count). The zero-order chi connectivity index (χ0) is 9.97. The van der Waals surface area contributed by atoms with E-state index in [0.717, 1.165) is 11.3 Å². The van der Waals surface area contributed by atoms with Crippen molar-refractivity contribution in [3.05, 3.63) is 50.0 Å². The number of nitrogens with zero attached hydrogens (tertiary/aromatic N) is 1. The molecule has 1 heterocycles. The van der Waals surface area contributed by atoms with E-state index in [1.165, 1.54) is 3.57 Å². The minimum atomic E-state index is -0.0988. The van der Waals surface area contributed by atoms with Gasteiger partial charge in [0.1, 0.15) is 0 Å². The third-order valence-corrected chi connectivity index (χ3v) is 3.32. The molecule has 1 atom stereocenters. The first-order chi connectivity index (χ1) is 6.77. The molecule has 0 bridgehead atoms. The van der Waals surface area contributed by atoms with Crippen LogP contribution in [0.1, 0.15) is 17.3 Å². The molecule has 0 saturated heterocycles. The van der Waals surface area contributed by atoms with Crippen molar-refractivity contribution in [1.29, 1.82) is 0 Å². The molecule has 14 heavy (non-hydrogen) atoms. The molecule has 0 spiro atoms. The Hall–Kier alpha value is -0.460. The highest BCUT2D eigenvalue weighted by molar-refractivity contribution is 14.1. The highest BCUT2D eigenvalue weighted by atomic mass is 127. The van der Waals surface area contributed by atoms with Crippen molar-refractivity contribution >= 4 is 33.9 Å². The minimum Gasteiger partial charge on any atom is -0.319 e. The van der Waals surface area contributed by atoms with Gasteiger partial charge in [-0.05, 0) is 40.3 Å². The van der Waals surface area contributed by atoms with Gasteiger partial charge in [-0.2, -0.15) is 0 Å². The van der Waals surface area contributed by atoms with E-state index in [-0.39, 0.29) is 6.04 Å². The maximum Gasteiger partial charge on any atom is 0.0795 e. The molecule has 1 unspecified atom stereocenters. The molecule has 0 aliphatic rings. The van der Waals surface area contributed by atoms with Crippen molar-refractivity contribution in [2.24, 2.45) is 5.73 Å². The monoisotopic (exact) mass is 316 g/mol. The van der Waals surface area contributed by atoms with E-state index in [2.05, 4.69) is 39.7 Å². The third-order valence-electron chi connectivity index (χ3n) is 2.00. The van der Waals surface area contributed by atoms with Gasteiger partial charge in [0, 0.05) is 8.95 Å². The molecule has 72 valence electrons. The summed E-state index contributed by atoms with van der Waals surface area (Å²) < 4.78 is 1.22. The van der Waals surface area contributed by atoms with Crippen LogP contribution in [0.5, 0.6) is 0 Å². The Labute approximate surface area is 100 Å². The predicted molar refractivity (Wildman–Crippen MR) is 67.3 cm³/mol. The van der Waals surface area contributed by atoms with E-state index >= 15 is 0 Å². The molecule has 1 aromatic carbocycles. The number of rotatable bonds is 2. The van der Waals surface area contributed by atoms with Crippen LogP contribution < -0.4 is 5.73 Å². The Balaban J connectivity index is 2.28. The SMILES string of the molecule is NC(c1ccc(I)cc1)c1cscn1. The third kappa shape index (κ3) is 2.13. The van der Waals surface area contributed by atoms with Crippen LogP contribution in [0, 0.1) is 3.57 Å². The summed E-state index contributed by atoms with van der Waals surface area (Å²) in [6.07, 6.45) is 0. The lowest BCUT2D eigenvalue weighted by molar-refractivity contribution is 0.838. The highest BCUT2D eigenvalue weighted by Crippen LogP contribution is 2.19. The zero-order valence-electron chi connectivity index (χ0n) is 7.35. The zero-order valence-corrected chi connectivity index (χ0v) is 10.3. The van der Waals surface area contributed by atoms with Gasteiger partial charge >= 0.3 is 0 Å². The Kier molecular flexibility index (Phi) is 3.15. The average molecular weight is 316 g/mol. The van der Waals surface area contributed by atoms with Crippen LogP contribution in [0.3, 0.4) is 0 Å². The maximum atomic E-state index is 6.05. The average Bonchev–Trinajstić information content (AvgIpc) is 2.71. The second-order valence-electron chi connectivity index (χ2n) is 2.94. The van der Waals surface area contributed by atoms with Crippen LogP contribution in [0.2, 0.25) is 0 Å². The second-order valence-corrected chi connectivity index (χ2v) is 4.91. The second kappa shape index (κ2) is 4.37. The molecule has 2 aromatic rings. The number of nitrogens with two attached hydrogens (primary N) is 1. The summed E-state index contributed by atoms with van der Waals surface area (Å²) in [7, 11) is 0. The number of hydrogen-bond acceptors (Lipinski definition) is 3. The van der Waals surface area contributed by atoms with Crippen molar-refractivity contribution in [3.63, 3.8) is 0 Å². The summed E-state index contributed by atoms with van der Waals surface area (Å²) in [5, 5.41) is 1.99. The summed E-state index contributed by atoms with van der Waals surface area (Å²) in [5.41, 5.74) is 9.91. The van der Waals surface area contributed by atoms with E-state index in [1.807, 2.05) is 23.0 Å². The first kappa shape index (κ1) is 10.1. The number of aromatic nitrogens is 1. The first-order valence-corrected chi connectivity index (χ1v) is 6.18. The van der Waals surface area contributed by atoms with E-state index < -0.39 is 0 Å². The smallest absolute Gasteiger partial charge is 0.0795 e. The standard InChI is InChI=1S/C10H9IN2S/c11-8-3-1-7(2-4-8)10(12)9-5-14-6-13-9/h1-6,10H,12H2. The van der Waals surface area contributed by atoms with Gasteiger partial charge < -0.3 is 5.73 Å². The molecule has 0 aliphatic heterocycles. The van der Waals surface area contributed by atoms with Crippen molar-refractivity contribution in [2.75, 3.05) is 0 Å². The Morgan fingerprint density at radius 2 is 2.00 bits per heavy atom. The molecule has 2 N–H and O–H groups in total. The lowest BCUT2D eigenvalue weighted by Gasteiger charge is -2.08. The largest absolute Gasteiger partial charge is 0.319 e. The molecule has 0 radical (unpaired) electrons. The number of thiazole rings is 1. The van der Waals surface area contributed by atoms with Gasteiger partial charge in [0.2, 0.25) is 0 Å². The first-order valence-electron chi connectivity index (χ1n) is 4.16. The normalized spacial score (nSPS) is 12.7. The van der Waals surface area contributed by atoms with Crippen LogP contribution in [-0.2, 0) is 0 Å². The van der Waals surface area contributed by atoms with E-state index in [9.17, 15) is 0 Å². The molecule has 2 nitrogen and oxygen atoms in total. The van der Waals surface area contributed by atoms with Crippen LogP contribution in [0.25, 0.3) is 0 Å². The Morgan fingerprint density at radius 3 is 2.57 bits per heavy atom. The molecular formula is C10H9IN2S. The minimum absolute atomic E-state index is 0.0988. The molecule has 0 fully saturated rings. The number of hydrogen-bond donors (Lipinski definition) is 1. The van der Waals surface area contributed by atoms with E-state index in [0.29, 0.717) is 0 Å². The summed E-state index contributed by atoms with van der Waals surface area (Å²) in [5.74, 6) is 0. The van der Waals surface area contributed by atoms with E-state index in [4.69, 9.17) is 5.73 Å². The molecule has 0 saturated carbocycles. The van der Waals surface area contributed by atoms with Gasteiger partial charge in [-0.25, -0.2) is 4.98 Å². The topological polar surface area (TPSA) is 38.9 Å². The van der Waals surface area contributed by atoms with Gasteiger partial charge in [0.05, 0.1) is 17.2 Å². The van der Waals surface area contributed by atoms with Crippen molar-refractivity contribution in [1.82, 2.24) is 4.98 Å². The highest BCUT2D eigenvalue weighted by Gasteiger charge is 2.09. The van der Waals surface area contributed by atoms with Crippen LogP contribution in [-0.4, -0.2) is 4.98 Å². The summed E-state index contributed by atoms with van der Waals surface area (Å²) in [4.78, 5) is 4.21. The Morgan fingerprint density at radius 1 is 1.29 bits per heavy atom. The lowest BCUT2D eigenvalue weighted by atomic mass is 10.1. The van der Waals surface area contributed by atoms with Gasteiger partial charge in [-0.15, -0.1) is 11.3 Å². The molecule has 1 aromatic heterocycles. The summed E-state index contributed by atoms with van der Waals surface area (Å²) in [6, 6.07) is 8.11. The van der Waals surface area contributed by atoms with E-state index in [1.54, 1.807) is 11.3 Å².